The van der Waals surface area contributed by atoms with Gasteiger partial charge in [0.1, 0.15) is 18.0 Å². The molecule has 0 saturated heterocycles. The Balaban J connectivity index is 1.50. The lowest BCUT2D eigenvalue weighted by molar-refractivity contribution is -0.157. The number of rotatable bonds is 8. The molecule has 0 heterocycles. The average molecular weight is 469 g/mol. The summed E-state index contributed by atoms with van der Waals surface area (Å²) in [6.07, 6.45) is 1.95. The van der Waals surface area contributed by atoms with Crippen molar-refractivity contribution in [3.63, 3.8) is 0 Å². The molecule has 2 aliphatic rings. The van der Waals surface area contributed by atoms with Crippen LogP contribution < -0.4 is 0 Å². The minimum atomic E-state index is -1.58. The Bertz CT molecular complexity index is 799. The summed E-state index contributed by atoms with van der Waals surface area (Å²) < 4.78 is 52.3. The molecule has 3 rings (SSSR count). The van der Waals surface area contributed by atoms with Crippen LogP contribution in [0.4, 0.5) is 13.2 Å². The number of carbonyl (C=O) groups is 2. The van der Waals surface area contributed by atoms with Gasteiger partial charge >= 0.3 is 11.9 Å². The molecular weight excluding hydrogens is 433 g/mol. The van der Waals surface area contributed by atoms with E-state index in [0.717, 1.165) is 18.4 Å². The zero-order valence-electron chi connectivity index (χ0n) is 19.5. The van der Waals surface area contributed by atoms with Crippen LogP contribution in [0.3, 0.4) is 0 Å². The lowest BCUT2D eigenvalue weighted by atomic mass is 9.79. The highest BCUT2D eigenvalue weighted by molar-refractivity contribution is 5.75. The van der Waals surface area contributed by atoms with Gasteiger partial charge in [-0.2, -0.15) is 0 Å². The van der Waals surface area contributed by atoms with Crippen LogP contribution in [0.25, 0.3) is 0 Å². The standard InChI is InChI=1S/C26H35F3O4/c1-3-22(27)25(30)32-19-10-5-16(6-11-19)18-9-14-21(24(29)15-18)17-7-12-20(13-8-17)33-26(31)23(28)4-2/h9,14-17,19-20,22-23H,3-8,10-13H2,1-2H3/t16-,17-,19-,20-,22-,23-/m0/s1. The van der Waals surface area contributed by atoms with Crippen LogP contribution >= 0.6 is 0 Å². The van der Waals surface area contributed by atoms with Crippen molar-refractivity contribution < 1.29 is 32.2 Å². The smallest absolute Gasteiger partial charge is 0.340 e. The number of esters is 2. The molecular formula is C26H35F3O4. The van der Waals surface area contributed by atoms with Crippen molar-refractivity contribution in [3.8, 4) is 0 Å². The number of halogens is 3. The van der Waals surface area contributed by atoms with E-state index in [1.54, 1.807) is 19.9 Å². The summed E-state index contributed by atoms with van der Waals surface area (Å²) in [7, 11) is 0. The highest BCUT2D eigenvalue weighted by atomic mass is 19.1. The Morgan fingerprint density at radius 3 is 1.70 bits per heavy atom. The van der Waals surface area contributed by atoms with Crippen molar-refractivity contribution in [2.45, 2.75) is 114 Å². The van der Waals surface area contributed by atoms with Crippen LogP contribution in [0.2, 0.25) is 0 Å². The maximum Gasteiger partial charge on any atom is 0.340 e. The SMILES string of the molecule is CC[C@H](F)C(=O)O[C@H]1CC[C@H](c2ccc([C@H]3CC[C@H](OC(=O)[C@@H](F)CC)CC3)c(F)c2)CC1. The molecule has 184 valence electrons. The van der Waals surface area contributed by atoms with E-state index < -0.39 is 24.3 Å². The first kappa shape index (κ1) is 25.6. The summed E-state index contributed by atoms with van der Waals surface area (Å²) in [6, 6.07) is 5.45. The van der Waals surface area contributed by atoms with Gasteiger partial charge in [0.15, 0.2) is 12.3 Å². The molecule has 0 amide bonds. The first-order valence-electron chi connectivity index (χ1n) is 12.3. The van der Waals surface area contributed by atoms with Crippen molar-refractivity contribution in [2.75, 3.05) is 0 Å². The molecule has 0 aromatic heterocycles. The van der Waals surface area contributed by atoms with Crippen molar-refractivity contribution in [2.24, 2.45) is 0 Å². The van der Waals surface area contributed by atoms with Gasteiger partial charge in [0.2, 0.25) is 0 Å². The first-order valence-corrected chi connectivity index (χ1v) is 12.3. The monoisotopic (exact) mass is 468 g/mol. The van der Waals surface area contributed by atoms with Gasteiger partial charge in [-0.3, -0.25) is 0 Å². The van der Waals surface area contributed by atoms with Gasteiger partial charge in [0.05, 0.1) is 0 Å². The fourth-order valence-corrected chi connectivity index (χ4v) is 4.94. The number of hydrogen-bond donors (Lipinski definition) is 0. The number of hydrogen-bond acceptors (Lipinski definition) is 4. The third-order valence-electron chi connectivity index (χ3n) is 7.08. The molecule has 0 spiro atoms. The maximum absolute atomic E-state index is 15.0. The number of carbonyl (C=O) groups excluding carboxylic acids is 2. The highest BCUT2D eigenvalue weighted by Gasteiger charge is 2.30. The van der Waals surface area contributed by atoms with Crippen molar-refractivity contribution >= 4 is 11.9 Å². The van der Waals surface area contributed by atoms with Crippen molar-refractivity contribution in [1.82, 2.24) is 0 Å². The molecule has 2 aliphatic carbocycles. The van der Waals surface area contributed by atoms with Gasteiger partial charge in [-0.15, -0.1) is 0 Å². The molecule has 0 N–H and O–H groups in total. The number of benzene rings is 1. The van der Waals surface area contributed by atoms with Crippen LogP contribution in [-0.2, 0) is 19.1 Å². The zero-order chi connectivity index (χ0) is 24.0. The van der Waals surface area contributed by atoms with Crippen LogP contribution in [0, 0.1) is 5.82 Å². The lowest BCUT2D eigenvalue weighted by Gasteiger charge is -2.30. The summed E-state index contributed by atoms with van der Waals surface area (Å²) in [5, 5.41) is 0. The van der Waals surface area contributed by atoms with E-state index in [1.165, 1.54) is 0 Å². The predicted molar refractivity (Wildman–Crippen MR) is 119 cm³/mol. The Hall–Kier alpha value is -2.05. The van der Waals surface area contributed by atoms with E-state index in [2.05, 4.69) is 0 Å². The Morgan fingerprint density at radius 1 is 0.818 bits per heavy atom. The Kier molecular flexibility index (Phi) is 9.21. The highest BCUT2D eigenvalue weighted by Crippen LogP contribution is 2.39. The summed E-state index contributed by atoms with van der Waals surface area (Å²) in [5.41, 5.74) is 1.62. The molecule has 1 aromatic rings. The summed E-state index contributed by atoms with van der Waals surface area (Å²) >= 11 is 0. The molecule has 33 heavy (non-hydrogen) atoms. The maximum atomic E-state index is 15.0. The topological polar surface area (TPSA) is 52.6 Å². The van der Waals surface area contributed by atoms with Crippen LogP contribution in [0.5, 0.6) is 0 Å². The summed E-state index contributed by atoms with van der Waals surface area (Å²) in [6.45, 7) is 3.21. The fourth-order valence-electron chi connectivity index (χ4n) is 4.94. The van der Waals surface area contributed by atoms with E-state index in [0.29, 0.717) is 44.1 Å². The van der Waals surface area contributed by atoms with Gasteiger partial charge in [-0.05, 0) is 93.2 Å². The van der Waals surface area contributed by atoms with E-state index in [9.17, 15) is 22.8 Å². The number of ether oxygens (including phenoxy) is 2. The minimum absolute atomic E-state index is 0.0590. The van der Waals surface area contributed by atoms with Crippen LogP contribution in [0.15, 0.2) is 18.2 Å². The zero-order valence-corrected chi connectivity index (χ0v) is 19.5. The molecule has 2 atom stereocenters. The van der Waals surface area contributed by atoms with Gasteiger partial charge in [-0.25, -0.2) is 22.8 Å². The average Bonchev–Trinajstić information content (AvgIpc) is 2.83. The Morgan fingerprint density at radius 2 is 1.27 bits per heavy atom. The molecule has 0 unspecified atom stereocenters. The molecule has 2 fully saturated rings. The third kappa shape index (κ3) is 6.73. The summed E-state index contributed by atoms with van der Waals surface area (Å²) in [4.78, 5) is 23.3. The van der Waals surface area contributed by atoms with E-state index in [4.69, 9.17) is 9.47 Å². The second-order valence-corrected chi connectivity index (χ2v) is 9.35. The van der Waals surface area contributed by atoms with Crippen LogP contribution in [0.1, 0.15) is 101 Å². The van der Waals surface area contributed by atoms with Gasteiger partial charge in [-0.1, -0.05) is 26.0 Å². The Labute approximate surface area is 194 Å². The molecule has 2 saturated carbocycles. The quantitative estimate of drug-likeness (QED) is 0.411. The van der Waals surface area contributed by atoms with Crippen LogP contribution in [-0.4, -0.2) is 36.5 Å². The largest absolute Gasteiger partial charge is 0.460 e. The van der Waals surface area contributed by atoms with Gasteiger partial charge in [0, 0.05) is 0 Å². The van der Waals surface area contributed by atoms with E-state index >= 15 is 0 Å². The van der Waals surface area contributed by atoms with E-state index in [-0.39, 0.29) is 42.7 Å². The lowest BCUT2D eigenvalue weighted by Crippen LogP contribution is -2.28. The van der Waals surface area contributed by atoms with E-state index in [1.807, 2.05) is 12.1 Å². The first-order chi connectivity index (χ1) is 15.8. The molecule has 7 heteroatoms. The molecule has 1 aromatic carbocycles. The summed E-state index contributed by atoms with van der Waals surface area (Å²) in [5.74, 6) is -1.55. The number of alkyl halides is 2. The van der Waals surface area contributed by atoms with Crippen molar-refractivity contribution in [1.29, 1.82) is 0 Å². The van der Waals surface area contributed by atoms with Gasteiger partial charge in [0.25, 0.3) is 0 Å². The molecule has 0 bridgehead atoms. The molecule has 0 aliphatic heterocycles. The fraction of sp³-hybridized carbons (Fsp3) is 0.692. The second-order valence-electron chi connectivity index (χ2n) is 9.35. The second kappa shape index (κ2) is 11.9. The van der Waals surface area contributed by atoms with Gasteiger partial charge < -0.3 is 9.47 Å². The third-order valence-corrected chi connectivity index (χ3v) is 7.08. The normalized spacial score (nSPS) is 27.4. The predicted octanol–water partition coefficient (Wildman–Crippen LogP) is 6.46. The molecule has 4 nitrogen and oxygen atoms in total. The minimum Gasteiger partial charge on any atom is -0.460 e. The van der Waals surface area contributed by atoms with Crippen molar-refractivity contribution in [3.05, 3.63) is 35.1 Å². The molecule has 0 radical (unpaired) electrons.